The second-order valence-corrected chi connectivity index (χ2v) is 6.38. The van der Waals surface area contributed by atoms with E-state index in [1.54, 1.807) is 0 Å². The highest BCUT2D eigenvalue weighted by molar-refractivity contribution is 9.25. The van der Waals surface area contributed by atoms with E-state index in [1.165, 1.54) is 0 Å². The van der Waals surface area contributed by atoms with Gasteiger partial charge in [0.05, 0.1) is 0 Å². The molecule has 0 aromatic heterocycles. The number of hydrogen-bond donors (Lipinski definition) is 0. The van der Waals surface area contributed by atoms with E-state index >= 15 is 0 Å². The SMILES string of the molecule is CB(Br)N(B(C)Br)C(C)(C)C. The molecular formula is C6H15B2Br2N. The Bertz CT molecular complexity index is 114. The molecule has 0 aliphatic carbocycles. The summed E-state index contributed by atoms with van der Waals surface area (Å²) in [4.78, 5) is 0. The van der Waals surface area contributed by atoms with E-state index in [0.717, 1.165) is 0 Å². The highest BCUT2D eigenvalue weighted by atomic mass is 79.9. The topological polar surface area (TPSA) is 3.24 Å². The first-order valence-electron chi connectivity index (χ1n) is 3.83. The van der Waals surface area contributed by atoms with Gasteiger partial charge >= 0.3 is 0 Å². The van der Waals surface area contributed by atoms with Crippen molar-refractivity contribution < 1.29 is 0 Å². The molecule has 0 aliphatic heterocycles. The van der Waals surface area contributed by atoms with Crippen molar-refractivity contribution in [2.45, 2.75) is 40.0 Å². The van der Waals surface area contributed by atoms with Gasteiger partial charge in [-0.2, -0.15) is 0 Å². The molecule has 0 spiro atoms. The summed E-state index contributed by atoms with van der Waals surface area (Å²) in [5.74, 6) is 0. The molecule has 5 heteroatoms. The van der Waals surface area contributed by atoms with Crippen LogP contribution in [0.25, 0.3) is 0 Å². The number of halogens is 2. The summed E-state index contributed by atoms with van der Waals surface area (Å²) < 4.78 is 2.35. The van der Waals surface area contributed by atoms with Gasteiger partial charge < -0.3 is 4.72 Å². The third kappa shape index (κ3) is 4.00. The van der Waals surface area contributed by atoms with Crippen LogP contribution in [-0.4, -0.2) is 21.6 Å². The summed E-state index contributed by atoms with van der Waals surface area (Å²) in [6.45, 7) is 10.9. The van der Waals surface area contributed by atoms with Gasteiger partial charge in [0.1, 0.15) is 0 Å². The van der Waals surface area contributed by atoms with Crippen molar-refractivity contribution in [1.29, 1.82) is 0 Å². The first kappa shape index (κ1) is 12.0. The summed E-state index contributed by atoms with van der Waals surface area (Å²) in [6.07, 6.45) is 0. The minimum Gasteiger partial charge on any atom is -0.360 e. The van der Waals surface area contributed by atoms with Crippen LogP contribution >= 0.6 is 31.5 Å². The molecule has 0 bridgehead atoms. The minimum absolute atomic E-state index is 0.200. The van der Waals surface area contributed by atoms with Gasteiger partial charge in [0, 0.05) is 0 Å². The molecule has 0 unspecified atom stereocenters. The Labute approximate surface area is 87.4 Å². The largest absolute Gasteiger partial charge is 0.360 e. The van der Waals surface area contributed by atoms with Crippen LogP contribution in [0.5, 0.6) is 0 Å². The molecule has 0 fully saturated rings. The standard InChI is InChI=1S/C6H15B2Br2N/c1-6(2,3)11(7(4)9)8(5)10/h1-5H3. The van der Waals surface area contributed by atoms with Crippen molar-refractivity contribution >= 4 is 42.9 Å². The van der Waals surface area contributed by atoms with Crippen LogP contribution in [0.2, 0.25) is 13.6 Å². The normalized spacial score (nSPS) is 12.0. The highest BCUT2D eigenvalue weighted by Gasteiger charge is 2.31. The highest BCUT2D eigenvalue weighted by Crippen LogP contribution is 2.21. The van der Waals surface area contributed by atoms with Crippen molar-refractivity contribution in [1.82, 2.24) is 4.72 Å². The van der Waals surface area contributed by atoms with Crippen molar-refractivity contribution in [3.8, 4) is 0 Å². The molecule has 0 atom stereocenters. The number of nitrogens with zero attached hydrogens (tertiary/aromatic N) is 1. The third-order valence-electron chi connectivity index (χ3n) is 1.54. The van der Waals surface area contributed by atoms with Gasteiger partial charge in [-0.1, -0.05) is 13.6 Å². The predicted octanol–water partition coefficient (Wildman–Crippen LogP) is 3.11. The van der Waals surface area contributed by atoms with Gasteiger partial charge in [-0.3, -0.25) is 0 Å². The number of hydrogen-bond acceptors (Lipinski definition) is 1. The summed E-state index contributed by atoms with van der Waals surface area (Å²) in [6, 6.07) is 0. The van der Waals surface area contributed by atoms with Gasteiger partial charge in [-0.25, -0.2) is 0 Å². The summed E-state index contributed by atoms with van der Waals surface area (Å²) in [5, 5.41) is 0. The maximum absolute atomic E-state index is 3.57. The molecule has 0 aliphatic rings. The van der Waals surface area contributed by atoms with E-state index in [-0.39, 0.29) is 5.54 Å². The van der Waals surface area contributed by atoms with Gasteiger partial charge in [-0.15, -0.1) is 31.5 Å². The zero-order valence-electron chi connectivity index (χ0n) is 7.86. The molecule has 0 saturated carbocycles. The first-order valence-corrected chi connectivity index (χ1v) is 5.66. The molecule has 64 valence electrons. The average molecular weight is 283 g/mol. The van der Waals surface area contributed by atoms with Crippen LogP contribution in [0.4, 0.5) is 0 Å². The lowest BCUT2D eigenvalue weighted by Gasteiger charge is -2.38. The molecule has 1 nitrogen and oxygen atoms in total. The van der Waals surface area contributed by atoms with Crippen molar-refractivity contribution in [3.63, 3.8) is 0 Å². The zero-order chi connectivity index (χ0) is 9.23. The van der Waals surface area contributed by atoms with Gasteiger partial charge in [0.2, 0.25) is 0 Å². The van der Waals surface area contributed by atoms with E-state index in [0.29, 0.717) is 11.3 Å². The fraction of sp³-hybridized carbons (Fsp3) is 1.00. The minimum atomic E-state index is 0.200. The summed E-state index contributed by atoms with van der Waals surface area (Å²) in [7, 11) is 0. The fourth-order valence-corrected chi connectivity index (χ4v) is 3.61. The van der Waals surface area contributed by atoms with E-state index in [1.807, 2.05) is 0 Å². The quantitative estimate of drug-likeness (QED) is 0.704. The average Bonchev–Trinajstić information content (AvgIpc) is 1.54. The second kappa shape index (κ2) is 4.33. The monoisotopic (exact) mass is 281 g/mol. The molecule has 0 aromatic carbocycles. The Hall–Kier alpha value is 1.05. The van der Waals surface area contributed by atoms with Crippen LogP contribution in [-0.2, 0) is 0 Å². The van der Waals surface area contributed by atoms with Gasteiger partial charge in [-0.05, 0) is 26.3 Å². The Balaban J connectivity index is 4.35. The van der Waals surface area contributed by atoms with Crippen LogP contribution < -0.4 is 0 Å². The predicted molar refractivity (Wildman–Crippen MR) is 62.7 cm³/mol. The summed E-state index contributed by atoms with van der Waals surface area (Å²) in [5.41, 5.74) is 1.00. The zero-order valence-corrected chi connectivity index (χ0v) is 11.0. The van der Waals surface area contributed by atoms with Crippen molar-refractivity contribution in [3.05, 3.63) is 0 Å². The molecule has 0 N–H and O–H groups in total. The van der Waals surface area contributed by atoms with Crippen LogP contribution in [0, 0.1) is 0 Å². The Morgan fingerprint density at radius 3 is 1.27 bits per heavy atom. The van der Waals surface area contributed by atoms with Gasteiger partial charge in [0.25, 0.3) is 11.3 Å². The third-order valence-corrected chi connectivity index (χ3v) is 2.42. The van der Waals surface area contributed by atoms with Crippen molar-refractivity contribution in [2.75, 3.05) is 0 Å². The lowest BCUT2D eigenvalue weighted by Crippen LogP contribution is -2.52. The van der Waals surface area contributed by atoms with E-state index in [9.17, 15) is 0 Å². The second-order valence-electron chi connectivity index (χ2n) is 3.73. The molecule has 0 saturated heterocycles. The van der Waals surface area contributed by atoms with E-state index in [2.05, 4.69) is 70.7 Å². The van der Waals surface area contributed by atoms with Gasteiger partial charge in [0.15, 0.2) is 0 Å². The van der Waals surface area contributed by atoms with E-state index in [4.69, 9.17) is 0 Å². The first-order chi connectivity index (χ1) is 4.76. The van der Waals surface area contributed by atoms with Crippen LogP contribution in [0.15, 0.2) is 0 Å². The molecule has 0 aromatic rings. The Morgan fingerprint density at radius 2 is 1.27 bits per heavy atom. The summed E-state index contributed by atoms with van der Waals surface area (Å²) >= 11 is 7.15. The number of rotatable bonds is 2. The maximum atomic E-state index is 3.57. The lowest BCUT2D eigenvalue weighted by molar-refractivity contribution is 0.374. The fourth-order valence-electron chi connectivity index (χ4n) is 1.35. The molecule has 0 rings (SSSR count). The smallest absolute Gasteiger partial charge is 0.289 e. The Kier molecular flexibility index (Phi) is 4.75. The Morgan fingerprint density at radius 1 is 1.00 bits per heavy atom. The van der Waals surface area contributed by atoms with Crippen LogP contribution in [0.1, 0.15) is 20.8 Å². The maximum Gasteiger partial charge on any atom is 0.289 e. The lowest BCUT2D eigenvalue weighted by atomic mass is 9.74. The molecule has 0 amide bonds. The molecule has 0 heterocycles. The van der Waals surface area contributed by atoms with Crippen molar-refractivity contribution in [2.24, 2.45) is 0 Å². The van der Waals surface area contributed by atoms with E-state index < -0.39 is 0 Å². The molecule has 0 radical (unpaired) electrons. The van der Waals surface area contributed by atoms with Crippen LogP contribution in [0.3, 0.4) is 0 Å². The molecule has 11 heavy (non-hydrogen) atoms. The molecular weight excluding hydrogens is 268 g/mol.